The molecule has 3 N–H and O–H groups in total. The van der Waals surface area contributed by atoms with E-state index in [1.165, 1.54) is 0 Å². The molecule has 4 nitrogen and oxygen atoms in total. The SMILES string of the molecule is CCCCC(C)(C)[C@H](O)/C=C/[C@@H]1[C@@H](CCCC/C=C/C(=O)O)[C@H](F)C[C@H]1O. The maximum absolute atomic E-state index is 14.3. The van der Waals surface area contributed by atoms with Crippen LogP contribution in [0.1, 0.15) is 72.1 Å². The minimum Gasteiger partial charge on any atom is -0.478 e. The molecule has 0 bridgehead atoms. The van der Waals surface area contributed by atoms with Gasteiger partial charge in [-0.2, -0.15) is 0 Å². The largest absolute Gasteiger partial charge is 0.478 e. The van der Waals surface area contributed by atoms with Crippen molar-refractivity contribution in [3.63, 3.8) is 0 Å². The van der Waals surface area contributed by atoms with Crippen molar-refractivity contribution in [1.82, 2.24) is 0 Å². The quantitative estimate of drug-likeness (QED) is 0.260. The predicted octanol–water partition coefficient (Wildman–Crippen LogP) is 4.66. The topological polar surface area (TPSA) is 77.8 Å². The smallest absolute Gasteiger partial charge is 0.327 e. The molecule has 1 aliphatic rings. The van der Waals surface area contributed by atoms with E-state index in [-0.39, 0.29) is 23.7 Å². The molecular formula is C22H37FO4. The molecule has 0 unspecified atom stereocenters. The van der Waals surface area contributed by atoms with Crippen molar-refractivity contribution in [1.29, 1.82) is 0 Å². The number of alkyl halides is 1. The molecule has 5 heteroatoms. The van der Waals surface area contributed by atoms with E-state index < -0.39 is 24.3 Å². The van der Waals surface area contributed by atoms with Crippen LogP contribution in [0, 0.1) is 17.3 Å². The number of aliphatic hydroxyl groups is 2. The van der Waals surface area contributed by atoms with Gasteiger partial charge in [0.25, 0.3) is 0 Å². The van der Waals surface area contributed by atoms with Crippen molar-refractivity contribution < 1.29 is 24.5 Å². The Morgan fingerprint density at radius 3 is 2.63 bits per heavy atom. The first-order chi connectivity index (χ1) is 12.7. The molecule has 0 amide bonds. The first-order valence-electron chi connectivity index (χ1n) is 10.3. The van der Waals surface area contributed by atoms with Crippen molar-refractivity contribution in [2.75, 3.05) is 0 Å². The van der Waals surface area contributed by atoms with Gasteiger partial charge in [0, 0.05) is 18.4 Å². The van der Waals surface area contributed by atoms with E-state index in [2.05, 4.69) is 6.92 Å². The van der Waals surface area contributed by atoms with Gasteiger partial charge >= 0.3 is 5.97 Å². The third-order valence-corrected chi connectivity index (χ3v) is 5.78. The Bertz CT molecular complexity index is 501. The number of carboxylic acid groups (broad SMARTS) is 1. The number of hydrogen-bond donors (Lipinski definition) is 3. The Kier molecular flexibility index (Phi) is 10.2. The average molecular weight is 385 g/mol. The Morgan fingerprint density at radius 1 is 1.30 bits per heavy atom. The van der Waals surface area contributed by atoms with Gasteiger partial charge in [0.2, 0.25) is 0 Å². The summed E-state index contributed by atoms with van der Waals surface area (Å²) in [6, 6.07) is 0. The first-order valence-corrected chi connectivity index (χ1v) is 10.3. The van der Waals surface area contributed by atoms with Gasteiger partial charge in [0.05, 0.1) is 12.2 Å². The molecule has 1 saturated carbocycles. The van der Waals surface area contributed by atoms with Crippen molar-refractivity contribution in [3.05, 3.63) is 24.3 Å². The molecule has 27 heavy (non-hydrogen) atoms. The second-order valence-corrected chi connectivity index (χ2v) is 8.51. The lowest BCUT2D eigenvalue weighted by molar-refractivity contribution is -0.131. The standard InChI is InChI=1S/C22H37FO4/c1-4-5-14-22(2,3)20(25)13-12-17-16(18(23)15-19(17)24)10-8-6-7-9-11-21(26)27/h9,11-13,16-20,24-25H,4-8,10,14-15H2,1-3H3,(H,26,27)/b11-9+,13-12+/t16-,17-,18-,19-,20-/m1/s1. The molecule has 0 aromatic heterocycles. The van der Waals surface area contributed by atoms with E-state index in [0.717, 1.165) is 38.2 Å². The number of carboxylic acids is 1. The number of hydrogen-bond acceptors (Lipinski definition) is 3. The number of aliphatic hydroxyl groups excluding tert-OH is 2. The van der Waals surface area contributed by atoms with Crippen LogP contribution < -0.4 is 0 Å². The molecule has 5 atom stereocenters. The summed E-state index contributed by atoms with van der Waals surface area (Å²) in [5.41, 5.74) is -0.239. The van der Waals surface area contributed by atoms with Gasteiger partial charge in [-0.1, -0.05) is 58.3 Å². The second kappa shape index (κ2) is 11.6. The molecule has 0 aromatic carbocycles. The summed E-state index contributed by atoms with van der Waals surface area (Å²) in [5, 5.41) is 29.3. The van der Waals surface area contributed by atoms with Crippen LogP contribution in [0.3, 0.4) is 0 Å². The third-order valence-electron chi connectivity index (χ3n) is 5.78. The summed E-state index contributed by atoms with van der Waals surface area (Å²) in [4.78, 5) is 10.4. The van der Waals surface area contributed by atoms with Crippen LogP contribution in [0.4, 0.5) is 4.39 Å². The number of halogens is 1. The normalized spacial score (nSPS) is 27.6. The van der Waals surface area contributed by atoms with Crippen molar-refractivity contribution in [3.8, 4) is 0 Å². The Balaban J connectivity index is 2.58. The minimum absolute atomic E-state index is 0.147. The molecule has 0 heterocycles. The Morgan fingerprint density at radius 2 is 2.00 bits per heavy atom. The molecule has 0 aromatic rings. The summed E-state index contributed by atoms with van der Waals surface area (Å²) in [7, 11) is 0. The summed E-state index contributed by atoms with van der Waals surface area (Å²) in [5.74, 6) is -1.47. The van der Waals surface area contributed by atoms with E-state index in [4.69, 9.17) is 5.11 Å². The van der Waals surface area contributed by atoms with Crippen LogP contribution in [-0.4, -0.2) is 39.7 Å². The van der Waals surface area contributed by atoms with Gasteiger partial charge in [-0.05, 0) is 37.0 Å². The molecule has 0 radical (unpaired) electrons. The third kappa shape index (κ3) is 8.14. The van der Waals surface area contributed by atoms with Crippen LogP contribution in [0.2, 0.25) is 0 Å². The van der Waals surface area contributed by atoms with Gasteiger partial charge in [-0.15, -0.1) is 0 Å². The monoisotopic (exact) mass is 384 g/mol. The fourth-order valence-corrected chi connectivity index (χ4v) is 3.83. The molecule has 156 valence electrons. The average Bonchev–Trinajstić information content (AvgIpc) is 2.86. The molecule has 1 fully saturated rings. The summed E-state index contributed by atoms with van der Waals surface area (Å²) in [6.07, 6.45) is 10.0. The maximum atomic E-state index is 14.3. The van der Waals surface area contributed by atoms with Crippen LogP contribution in [-0.2, 0) is 4.79 Å². The summed E-state index contributed by atoms with van der Waals surface area (Å²) >= 11 is 0. The number of carbonyl (C=O) groups is 1. The number of unbranched alkanes of at least 4 members (excludes halogenated alkanes) is 3. The van der Waals surface area contributed by atoms with Crippen LogP contribution in [0.25, 0.3) is 0 Å². The lowest BCUT2D eigenvalue weighted by atomic mass is 9.80. The number of rotatable bonds is 12. The second-order valence-electron chi connectivity index (χ2n) is 8.51. The summed E-state index contributed by atoms with van der Waals surface area (Å²) < 4.78 is 14.3. The van der Waals surface area contributed by atoms with E-state index >= 15 is 0 Å². The Hall–Kier alpha value is -1.20. The fourth-order valence-electron chi connectivity index (χ4n) is 3.83. The minimum atomic E-state index is -1.03. The molecule has 0 spiro atoms. The van der Waals surface area contributed by atoms with Gasteiger partial charge in [-0.25, -0.2) is 9.18 Å². The molecular weight excluding hydrogens is 347 g/mol. The van der Waals surface area contributed by atoms with Crippen LogP contribution in [0.15, 0.2) is 24.3 Å². The highest BCUT2D eigenvalue weighted by Crippen LogP contribution is 2.39. The zero-order valence-corrected chi connectivity index (χ0v) is 17.0. The zero-order valence-electron chi connectivity index (χ0n) is 17.0. The van der Waals surface area contributed by atoms with Gasteiger partial charge in [0.1, 0.15) is 6.17 Å². The van der Waals surface area contributed by atoms with Gasteiger partial charge in [-0.3, -0.25) is 0 Å². The van der Waals surface area contributed by atoms with Crippen molar-refractivity contribution >= 4 is 5.97 Å². The molecule has 0 aliphatic heterocycles. The highest BCUT2D eigenvalue weighted by Gasteiger charge is 2.41. The lowest BCUT2D eigenvalue weighted by Crippen LogP contribution is -2.28. The highest BCUT2D eigenvalue weighted by molar-refractivity contribution is 5.79. The maximum Gasteiger partial charge on any atom is 0.327 e. The first kappa shape index (κ1) is 23.8. The molecule has 0 saturated heterocycles. The van der Waals surface area contributed by atoms with Gasteiger partial charge < -0.3 is 15.3 Å². The fraction of sp³-hybridized carbons (Fsp3) is 0.773. The van der Waals surface area contributed by atoms with E-state index in [1.807, 2.05) is 19.9 Å². The zero-order chi connectivity index (χ0) is 20.4. The van der Waals surface area contributed by atoms with Crippen molar-refractivity contribution in [2.45, 2.75) is 90.5 Å². The highest BCUT2D eigenvalue weighted by atomic mass is 19.1. The predicted molar refractivity (Wildman–Crippen MR) is 106 cm³/mol. The molecule has 1 aliphatic carbocycles. The van der Waals surface area contributed by atoms with E-state index in [9.17, 15) is 19.4 Å². The molecule has 1 rings (SSSR count). The van der Waals surface area contributed by atoms with Crippen LogP contribution in [0.5, 0.6) is 0 Å². The number of allylic oxidation sites excluding steroid dienone is 1. The van der Waals surface area contributed by atoms with Crippen LogP contribution >= 0.6 is 0 Å². The van der Waals surface area contributed by atoms with Crippen molar-refractivity contribution in [2.24, 2.45) is 17.3 Å². The van der Waals surface area contributed by atoms with Gasteiger partial charge in [0.15, 0.2) is 0 Å². The lowest BCUT2D eigenvalue weighted by Gasteiger charge is -2.29. The van der Waals surface area contributed by atoms with E-state index in [0.29, 0.717) is 12.8 Å². The Labute approximate surface area is 163 Å². The van der Waals surface area contributed by atoms with E-state index in [1.54, 1.807) is 12.2 Å². The summed E-state index contributed by atoms with van der Waals surface area (Å²) in [6.45, 7) is 6.18. The number of aliphatic carboxylic acids is 1.